The van der Waals surface area contributed by atoms with Gasteiger partial charge in [0.05, 0.1) is 12.2 Å². The maximum absolute atomic E-state index is 5.90. The van der Waals surface area contributed by atoms with Gasteiger partial charge < -0.3 is 20.1 Å². The Morgan fingerprint density at radius 1 is 0.889 bits per heavy atom. The van der Waals surface area contributed by atoms with Crippen LogP contribution in [0, 0.1) is 5.92 Å². The van der Waals surface area contributed by atoms with Crippen LogP contribution >= 0.6 is 0 Å². The number of ether oxygens (including phenoxy) is 2. The van der Waals surface area contributed by atoms with E-state index in [0.29, 0.717) is 12.2 Å². The third kappa shape index (κ3) is 6.48. The molecule has 3 unspecified atom stereocenters. The van der Waals surface area contributed by atoms with Gasteiger partial charge in [-0.2, -0.15) is 0 Å². The summed E-state index contributed by atoms with van der Waals surface area (Å²) in [5.74, 6) is 3.10. The fourth-order valence-corrected chi connectivity index (χ4v) is 5.47. The van der Waals surface area contributed by atoms with Crippen molar-refractivity contribution in [3.63, 3.8) is 0 Å². The summed E-state index contributed by atoms with van der Waals surface area (Å²) in [6.45, 7) is 11.8. The normalized spacial score (nSPS) is 21.9. The Kier molecular flexibility index (Phi) is 7.59. The molecule has 0 saturated carbocycles. The Balaban J connectivity index is 1.12. The lowest BCUT2D eigenvalue weighted by Gasteiger charge is -2.38. The van der Waals surface area contributed by atoms with Crippen molar-refractivity contribution < 1.29 is 9.47 Å². The van der Waals surface area contributed by atoms with Gasteiger partial charge in [0.1, 0.15) is 17.3 Å². The molecular weight excluding hydrogens is 446 g/mol. The molecule has 1 heterocycles. The van der Waals surface area contributed by atoms with Crippen molar-refractivity contribution in [1.82, 2.24) is 4.90 Å². The monoisotopic (exact) mass is 483 g/mol. The van der Waals surface area contributed by atoms with Gasteiger partial charge in [0.2, 0.25) is 0 Å². The number of aryl methyl sites for hydroxylation is 1. The first-order valence-electron chi connectivity index (χ1n) is 13.1. The van der Waals surface area contributed by atoms with Crippen LogP contribution in [0.2, 0.25) is 0 Å². The Bertz CT molecular complexity index is 1150. The summed E-state index contributed by atoms with van der Waals surface area (Å²) in [5.41, 5.74) is 4.97. The number of morpholine rings is 1. The zero-order chi connectivity index (χ0) is 24.9. The molecule has 1 saturated heterocycles. The molecule has 36 heavy (non-hydrogen) atoms. The van der Waals surface area contributed by atoms with Gasteiger partial charge in [-0.25, -0.2) is 0 Å². The molecule has 0 bridgehead atoms. The Morgan fingerprint density at radius 2 is 1.56 bits per heavy atom. The highest BCUT2D eigenvalue weighted by atomic mass is 16.5. The lowest BCUT2D eigenvalue weighted by Crippen LogP contribution is -2.47. The number of rotatable bonds is 8. The van der Waals surface area contributed by atoms with Gasteiger partial charge in [0.15, 0.2) is 0 Å². The van der Waals surface area contributed by atoms with Gasteiger partial charge in [-0.15, -0.1) is 0 Å². The van der Waals surface area contributed by atoms with Crippen molar-refractivity contribution in [2.45, 2.75) is 45.3 Å². The first-order valence-corrected chi connectivity index (χ1v) is 13.1. The number of anilines is 2. The number of para-hydroxylation sites is 1. The molecule has 3 aromatic rings. The molecule has 1 aliphatic carbocycles. The highest BCUT2D eigenvalue weighted by molar-refractivity contribution is 5.58. The number of nitrogens with one attached hydrogen (secondary N) is 2. The second kappa shape index (κ2) is 11.2. The molecule has 3 atom stereocenters. The van der Waals surface area contributed by atoms with Crippen LogP contribution in [0.15, 0.2) is 85.2 Å². The average Bonchev–Trinajstić information content (AvgIpc) is 2.85. The molecular formula is C31H37N3O2. The number of benzene rings is 3. The van der Waals surface area contributed by atoms with Crippen LogP contribution in [0.5, 0.6) is 11.5 Å². The van der Waals surface area contributed by atoms with Gasteiger partial charge in [-0.05, 0) is 98.7 Å². The highest BCUT2D eigenvalue weighted by Gasteiger charge is 2.26. The van der Waals surface area contributed by atoms with Gasteiger partial charge in [0.25, 0.3) is 0 Å². The third-order valence-corrected chi connectivity index (χ3v) is 6.97. The average molecular weight is 484 g/mol. The summed E-state index contributed by atoms with van der Waals surface area (Å²) in [6.07, 6.45) is 4.20. The van der Waals surface area contributed by atoms with Crippen LogP contribution < -0.4 is 15.4 Å². The molecule has 1 fully saturated rings. The third-order valence-electron chi connectivity index (χ3n) is 6.97. The van der Waals surface area contributed by atoms with E-state index in [1.807, 2.05) is 54.6 Å². The van der Waals surface area contributed by atoms with Crippen molar-refractivity contribution in [2.75, 3.05) is 30.3 Å². The van der Waals surface area contributed by atoms with Crippen LogP contribution in [0.1, 0.15) is 31.4 Å². The molecule has 2 N–H and O–H groups in total. The van der Waals surface area contributed by atoms with Crippen LogP contribution in [-0.4, -0.2) is 36.7 Å². The fraction of sp³-hybridized carbons (Fsp3) is 0.355. The predicted octanol–water partition coefficient (Wildman–Crippen LogP) is 6.69. The summed E-state index contributed by atoms with van der Waals surface area (Å²) in [6, 6.07) is 24.4. The lowest BCUT2D eigenvalue weighted by molar-refractivity contribution is -0.0717. The van der Waals surface area contributed by atoms with E-state index < -0.39 is 0 Å². The summed E-state index contributed by atoms with van der Waals surface area (Å²) in [5, 5.41) is 6.77. The summed E-state index contributed by atoms with van der Waals surface area (Å²) in [7, 11) is 0. The first kappa shape index (κ1) is 24.4. The number of fused-ring (bicyclic) bond motifs is 1. The topological polar surface area (TPSA) is 45.8 Å². The smallest absolute Gasteiger partial charge is 0.127 e. The van der Waals surface area contributed by atoms with E-state index in [9.17, 15) is 0 Å². The van der Waals surface area contributed by atoms with Crippen molar-refractivity contribution in [1.29, 1.82) is 0 Å². The van der Waals surface area contributed by atoms with Gasteiger partial charge in [-0.1, -0.05) is 30.8 Å². The Labute approximate surface area is 215 Å². The SMILES string of the molecule is C=C(Nc1ccc(Oc2ccccc2)cc1)Nc1ccc2c(c1)CCC(CN1CC(C)OC(C)C1)C2. The summed E-state index contributed by atoms with van der Waals surface area (Å²) in [4.78, 5) is 2.60. The fourth-order valence-electron chi connectivity index (χ4n) is 5.47. The van der Waals surface area contributed by atoms with Crippen LogP contribution in [0.25, 0.3) is 0 Å². The Morgan fingerprint density at radius 3 is 2.31 bits per heavy atom. The molecule has 5 heteroatoms. The molecule has 1 aliphatic heterocycles. The van der Waals surface area contributed by atoms with Crippen molar-refractivity contribution >= 4 is 11.4 Å². The number of hydrogen-bond donors (Lipinski definition) is 2. The minimum atomic E-state index is 0.334. The van der Waals surface area contributed by atoms with E-state index in [-0.39, 0.29) is 0 Å². The standard InChI is InChI=1S/C31H37N3O2/c1-22-19-34(20-23(2)35-22)21-25-9-10-27-18-29(12-11-26(27)17-25)33-24(3)32-28-13-15-31(16-14-28)36-30-7-5-4-6-8-30/h4-8,11-16,18,22-23,25,32-33H,3,9-10,17,19-21H2,1-2H3. The minimum Gasteiger partial charge on any atom is -0.457 e. The van der Waals surface area contributed by atoms with E-state index in [1.54, 1.807) is 0 Å². The van der Waals surface area contributed by atoms with E-state index in [1.165, 1.54) is 24.1 Å². The first-order chi connectivity index (χ1) is 17.5. The van der Waals surface area contributed by atoms with Crippen molar-refractivity contribution in [3.8, 4) is 11.5 Å². The molecule has 5 rings (SSSR count). The highest BCUT2D eigenvalue weighted by Crippen LogP contribution is 2.30. The van der Waals surface area contributed by atoms with E-state index >= 15 is 0 Å². The second-order valence-corrected chi connectivity index (χ2v) is 10.2. The molecule has 3 aromatic carbocycles. The van der Waals surface area contributed by atoms with Gasteiger partial charge in [-0.3, -0.25) is 4.90 Å². The molecule has 5 nitrogen and oxygen atoms in total. The Hall–Kier alpha value is -3.28. The maximum Gasteiger partial charge on any atom is 0.127 e. The van der Waals surface area contributed by atoms with Crippen molar-refractivity contribution in [3.05, 3.63) is 96.3 Å². The van der Waals surface area contributed by atoms with Crippen molar-refractivity contribution in [2.24, 2.45) is 5.92 Å². The van der Waals surface area contributed by atoms with E-state index in [0.717, 1.165) is 60.5 Å². The second-order valence-electron chi connectivity index (χ2n) is 10.2. The number of nitrogens with zero attached hydrogens (tertiary/aromatic N) is 1. The zero-order valence-corrected chi connectivity index (χ0v) is 21.4. The summed E-state index contributed by atoms with van der Waals surface area (Å²) >= 11 is 0. The van der Waals surface area contributed by atoms with Crippen LogP contribution in [0.3, 0.4) is 0 Å². The largest absolute Gasteiger partial charge is 0.457 e. The van der Waals surface area contributed by atoms with Crippen LogP contribution in [0.4, 0.5) is 11.4 Å². The molecule has 2 aliphatic rings. The molecule has 0 radical (unpaired) electrons. The molecule has 0 amide bonds. The molecule has 0 aromatic heterocycles. The van der Waals surface area contributed by atoms with Gasteiger partial charge in [0, 0.05) is 31.0 Å². The summed E-state index contributed by atoms with van der Waals surface area (Å²) < 4.78 is 11.8. The number of hydrogen-bond acceptors (Lipinski definition) is 5. The van der Waals surface area contributed by atoms with E-state index in [4.69, 9.17) is 9.47 Å². The zero-order valence-electron chi connectivity index (χ0n) is 21.4. The maximum atomic E-state index is 5.90. The molecule has 0 spiro atoms. The predicted molar refractivity (Wildman–Crippen MR) is 148 cm³/mol. The quantitative estimate of drug-likeness (QED) is 0.374. The minimum absolute atomic E-state index is 0.334. The van der Waals surface area contributed by atoms with Gasteiger partial charge >= 0.3 is 0 Å². The molecule has 188 valence electrons. The van der Waals surface area contributed by atoms with E-state index in [2.05, 4.69) is 54.2 Å². The lowest BCUT2D eigenvalue weighted by atomic mass is 9.83. The van der Waals surface area contributed by atoms with Crippen LogP contribution in [-0.2, 0) is 17.6 Å².